The number of hydrogen-bond donors (Lipinski definition) is 0. The summed E-state index contributed by atoms with van der Waals surface area (Å²) in [5.41, 5.74) is 5.32. The molecule has 6 aliphatic carbocycles. The zero-order valence-corrected chi connectivity index (χ0v) is 23.5. The Kier molecular flexibility index (Phi) is 13.5. The molecule has 2 heteroatoms. The van der Waals surface area contributed by atoms with E-state index in [-0.39, 0.29) is 34.7 Å². The van der Waals surface area contributed by atoms with Crippen molar-refractivity contribution < 1.29 is 34.7 Å². The molecule has 2 saturated carbocycles. The van der Waals surface area contributed by atoms with Gasteiger partial charge in [-0.2, -0.15) is 0 Å². The van der Waals surface area contributed by atoms with Gasteiger partial charge in [0, 0.05) is 23.7 Å². The van der Waals surface area contributed by atoms with E-state index < -0.39 is 0 Å². The number of benzene rings is 2. The fourth-order valence-electron chi connectivity index (χ4n) is 4.28. The Balaban J connectivity index is 0.000000138. The molecular weight excluding hydrogens is 536 g/mol. The molecule has 2 fully saturated rings. The van der Waals surface area contributed by atoms with Crippen LogP contribution < -0.4 is 0 Å². The largest absolute Gasteiger partial charge is 2.00 e. The van der Waals surface area contributed by atoms with E-state index in [2.05, 4.69) is 174 Å². The van der Waals surface area contributed by atoms with Gasteiger partial charge in [-0.1, -0.05) is 97.1 Å². The Morgan fingerprint density at radius 3 is 0.789 bits per heavy atom. The summed E-state index contributed by atoms with van der Waals surface area (Å²) < 4.78 is 0. The third-order valence-corrected chi connectivity index (χ3v) is 6.19. The molecular formula is C36H28Cr2+4. The normalized spacial score (nSPS) is 20.2. The average Bonchev–Trinajstić information content (AvgIpc) is 3.76. The summed E-state index contributed by atoms with van der Waals surface area (Å²) in [5.74, 6) is 5.32. The minimum absolute atomic E-state index is 0. The molecule has 8 rings (SSSR count). The first kappa shape index (κ1) is 31.0. The number of hydrogen-bond acceptors (Lipinski definition) is 0. The summed E-state index contributed by atoms with van der Waals surface area (Å²) >= 11 is 0. The molecule has 0 amide bonds. The van der Waals surface area contributed by atoms with Crippen molar-refractivity contribution in [1.82, 2.24) is 0 Å². The van der Waals surface area contributed by atoms with Crippen molar-refractivity contribution in [2.24, 2.45) is 0 Å². The van der Waals surface area contributed by atoms with Crippen LogP contribution in [0, 0.1) is 101 Å². The van der Waals surface area contributed by atoms with Crippen LogP contribution in [0.2, 0.25) is 0 Å². The maximum Gasteiger partial charge on any atom is 2.00 e. The molecule has 2 aromatic rings. The molecule has 180 valence electrons. The SMILES string of the molecule is [CH]1[CH][C]2C=CC=C[C]2[CH]1.[CH]1[CH][C]2C=CC=C[C]2[CH]1.[CH]1[CH]c2ccccc2[CH]1.[CH]1[CH]c2ccccc2[CH]1.[Cr+2].[Cr+2]. The fourth-order valence-corrected chi connectivity index (χ4v) is 4.28. The molecule has 0 nitrogen and oxygen atoms in total. The van der Waals surface area contributed by atoms with E-state index in [0.717, 1.165) is 0 Å². The van der Waals surface area contributed by atoms with E-state index in [1.165, 1.54) is 45.9 Å². The Labute approximate surface area is 253 Å². The molecule has 0 heterocycles. The van der Waals surface area contributed by atoms with E-state index in [1.807, 2.05) is 0 Å². The molecule has 0 aliphatic heterocycles. The van der Waals surface area contributed by atoms with Crippen LogP contribution >= 0.6 is 0 Å². The predicted octanol–water partition coefficient (Wildman–Crippen LogP) is 7.79. The maximum absolute atomic E-state index is 2.12. The van der Waals surface area contributed by atoms with Crippen LogP contribution in [0.4, 0.5) is 0 Å². The van der Waals surface area contributed by atoms with Gasteiger partial charge in [-0.25, -0.2) is 0 Å². The molecule has 0 unspecified atom stereocenters. The second-order valence-corrected chi connectivity index (χ2v) is 8.62. The Hall–Kier alpha value is -1.54. The van der Waals surface area contributed by atoms with Crippen LogP contribution in [-0.4, -0.2) is 0 Å². The zero-order chi connectivity index (χ0) is 24.4. The molecule has 0 aromatic heterocycles. The summed E-state index contributed by atoms with van der Waals surface area (Å²) in [6.07, 6.45) is 42.0. The van der Waals surface area contributed by atoms with E-state index >= 15 is 0 Å². The van der Waals surface area contributed by atoms with E-state index in [4.69, 9.17) is 0 Å². The summed E-state index contributed by atoms with van der Waals surface area (Å²) in [7, 11) is 0. The molecule has 0 bridgehead atoms. The van der Waals surface area contributed by atoms with Crippen LogP contribution in [0.3, 0.4) is 0 Å². The Morgan fingerprint density at radius 1 is 0.289 bits per heavy atom. The second kappa shape index (κ2) is 16.5. The first-order valence-electron chi connectivity index (χ1n) is 12.3. The van der Waals surface area contributed by atoms with Gasteiger partial charge in [0.05, 0.1) is 0 Å². The van der Waals surface area contributed by atoms with Gasteiger partial charge in [0.25, 0.3) is 0 Å². The van der Waals surface area contributed by atoms with Crippen molar-refractivity contribution in [3.05, 3.63) is 220 Å². The molecule has 38 heavy (non-hydrogen) atoms. The second-order valence-electron chi connectivity index (χ2n) is 8.62. The summed E-state index contributed by atoms with van der Waals surface area (Å²) in [4.78, 5) is 0. The van der Waals surface area contributed by atoms with Gasteiger partial charge in [0.15, 0.2) is 0 Å². The Morgan fingerprint density at radius 2 is 0.526 bits per heavy atom. The van der Waals surface area contributed by atoms with Gasteiger partial charge in [0.2, 0.25) is 0 Å². The van der Waals surface area contributed by atoms with Crippen molar-refractivity contribution in [2.75, 3.05) is 0 Å². The minimum atomic E-state index is 0. The first-order valence-corrected chi connectivity index (χ1v) is 12.3. The van der Waals surface area contributed by atoms with Gasteiger partial charge >= 0.3 is 34.7 Å². The van der Waals surface area contributed by atoms with Crippen LogP contribution in [0.1, 0.15) is 22.3 Å². The molecule has 0 saturated heterocycles. The van der Waals surface area contributed by atoms with Crippen LogP contribution in [0.25, 0.3) is 0 Å². The molecule has 2 aromatic carbocycles. The van der Waals surface area contributed by atoms with Crippen LogP contribution in [0.15, 0.2) is 97.1 Å². The third kappa shape index (κ3) is 8.74. The summed E-state index contributed by atoms with van der Waals surface area (Å²) in [5, 5.41) is 0. The van der Waals surface area contributed by atoms with Crippen molar-refractivity contribution in [3.63, 3.8) is 0 Å². The van der Waals surface area contributed by atoms with Gasteiger partial charge in [0.1, 0.15) is 0 Å². The number of rotatable bonds is 0. The van der Waals surface area contributed by atoms with Crippen LogP contribution in [-0.2, 0) is 34.7 Å². The summed E-state index contributed by atoms with van der Waals surface area (Å²) in [6, 6.07) is 16.7. The quantitative estimate of drug-likeness (QED) is 0.307. The van der Waals surface area contributed by atoms with Crippen molar-refractivity contribution in [1.29, 1.82) is 0 Å². The average molecular weight is 565 g/mol. The molecule has 0 spiro atoms. The maximum atomic E-state index is 2.12. The zero-order valence-electron chi connectivity index (χ0n) is 21.0. The van der Waals surface area contributed by atoms with E-state index in [1.54, 1.807) is 0 Å². The van der Waals surface area contributed by atoms with Crippen LogP contribution in [0.5, 0.6) is 0 Å². The van der Waals surface area contributed by atoms with Gasteiger partial charge in [-0.15, -0.1) is 0 Å². The molecule has 0 N–H and O–H groups in total. The van der Waals surface area contributed by atoms with E-state index in [9.17, 15) is 0 Å². The standard InChI is InChI=1S/4C9H7.2Cr/c4*1-2-5-9-7-3-6-8(9)4-1;;/h4*1-7H;;/q;;;;2*+2. The molecule has 6 aliphatic rings. The summed E-state index contributed by atoms with van der Waals surface area (Å²) in [6.45, 7) is 0. The first-order chi connectivity index (χ1) is 17.9. The van der Waals surface area contributed by atoms with E-state index in [0.29, 0.717) is 0 Å². The number of allylic oxidation sites excluding steroid dienone is 8. The van der Waals surface area contributed by atoms with Crippen molar-refractivity contribution in [3.8, 4) is 0 Å². The Bertz CT molecular complexity index is 923. The third-order valence-electron chi connectivity index (χ3n) is 6.19. The molecule has 0 atom stereocenters. The van der Waals surface area contributed by atoms with Gasteiger partial charge in [-0.05, 0) is 99.3 Å². The molecule has 16 radical (unpaired) electrons. The monoisotopic (exact) mass is 564 g/mol. The topological polar surface area (TPSA) is 0 Å². The van der Waals surface area contributed by atoms with Gasteiger partial charge < -0.3 is 0 Å². The fraction of sp³-hybridized carbons (Fsp3) is 0. The van der Waals surface area contributed by atoms with Crippen molar-refractivity contribution >= 4 is 0 Å². The number of fused-ring (bicyclic) bond motifs is 4. The predicted molar refractivity (Wildman–Crippen MR) is 150 cm³/mol. The van der Waals surface area contributed by atoms with Gasteiger partial charge in [-0.3, -0.25) is 0 Å². The van der Waals surface area contributed by atoms with Crippen molar-refractivity contribution in [2.45, 2.75) is 0 Å². The minimum Gasteiger partial charge on any atom is -0.0762 e. The smallest absolute Gasteiger partial charge is 0.0762 e.